The third kappa shape index (κ3) is 7.37. The van der Waals surface area contributed by atoms with Gasteiger partial charge in [0.1, 0.15) is 11.6 Å². The summed E-state index contributed by atoms with van der Waals surface area (Å²) in [6, 6.07) is 4.69. The molecular formula is C17H24FN3O5. The van der Waals surface area contributed by atoms with Gasteiger partial charge < -0.3 is 14.8 Å². The Morgan fingerprint density at radius 3 is 2.19 bits per heavy atom. The second-order valence-corrected chi connectivity index (χ2v) is 6.54. The van der Waals surface area contributed by atoms with Crippen LogP contribution in [-0.2, 0) is 14.3 Å². The monoisotopic (exact) mass is 369 g/mol. The second kappa shape index (κ2) is 9.02. The Morgan fingerprint density at radius 1 is 1.04 bits per heavy atom. The number of hydrogen-bond acceptors (Lipinski definition) is 5. The molecule has 0 aliphatic rings. The van der Waals surface area contributed by atoms with Gasteiger partial charge in [0, 0.05) is 0 Å². The number of carbonyl (C=O) groups is 3. The highest BCUT2D eigenvalue weighted by atomic mass is 19.1. The summed E-state index contributed by atoms with van der Waals surface area (Å²) in [6.07, 6.45) is -1.82. The van der Waals surface area contributed by atoms with Crippen LogP contribution in [0.15, 0.2) is 24.3 Å². The Labute approximate surface area is 151 Å². The third-order valence-corrected chi connectivity index (χ3v) is 2.95. The number of nitrogens with one attached hydrogen (secondary N) is 3. The van der Waals surface area contributed by atoms with Crippen molar-refractivity contribution in [2.24, 2.45) is 0 Å². The highest BCUT2D eigenvalue weighted by Crippen LogP contribution is 2.16. The molecule has 0 saturated heterocycles. The quantitative estimate of drug-likeness (QED) is 0.685. The Balaban J connectivity index is 2.44. The molecule has 8 nitrogen and oxygen atoms in total. The summed E-state index contributed by atoms with van der Waals surface area (Å²) in [6.45, 7) is 7.89. The maximum absolute atomic E-state index is 13.5. The first-order valence-electron chi connectivity index (χ1n) is 8.00. The summed E-state index contributed by atoms with van der Waals surface area (Å²) in [4.78, 5) is 35.4. The van der Waals surface area contributed by atoms with Crippen molar-refractivity contribution >= 4 is 17.9 Å². The van der Waals surface area contributed by atoms with Crippen LogP contribution in [0.3, 0.4) is 0 Å². The molecule has 0 heterocycles. The number of carbonyl (C=O) groups excluding carboxylic acids is 3. The van der Waals surface area contributed by atoms with Crippen LogP contribution in [0.2, 0.25) is 0 Å². The molecule has 0 aliphatic carbocycles. The van der Waals surface area contributed by atoms with Crippen molar-refractivity contribution in [1.82, 2.24) is 16.2 Å². The molecule has 0 aliphatic heterocycles. The standard InChI is InChI=1S/C17H24FN3O5/c1-10(19-16(24)26-17(3,4)5)14(22)20-21-15(23)11(2)25-13-9-7-6-8-12(13)18/h6-11H,1-5H3,(H,19,24)(H,20,22)(H,21,23). The van der Waals surface area contributed by atoms with Crippen LogP contribution >= 0.6 is 0 Å². The number of hydrazine groups is 1. The maximum atomic E-state index is 13.5. The number of benzene rings is 1. The SMILES string of the molecule is CC(NC(=O)OC(C)(C)C)C(=O)NNC(=O)C(C)Oc1ccccc1F. The van der Waals surface area contributed by atoms with E-state index < -0.39 is 41.5 Å². The lowest BCUT2D eigenvalue weighted by atomic mass is 10.2. The van der Waals surface area contributed by atoms with Crippen LogP contribution in [0.25, 0.3) is 0 Å². The van der Waals surface area contributed by atoms with Gasteiger partial charge in [-0.1, -0.05) is 12.1 Å². The topological polar surface area (TPSA) is 106 Å². The van der Waals surface area contributed by atoms with E-state index in [1.807, 2.05) is 0 Å². The summed E-state index contributed by atoms with van der Waals surface area (Å²) in [7, 11) is 0. The molecule has 0 radical (unpaired) electrons. The summed E-state index contributed by atoms with van der Waals surface area (Å²) < 4.78 is 23.7. The van der Waals surface area contributed by atoms with Gasteiger partial charge in [-0.2, -0.15) is 0 Å². The van der Waals surface area contributed by atoms with E-state index in [2.05, 4.69) is 16.2 Å². The molecular weight excluding hydrogens is 345 g/mol. The first-order valence-corrected chi connectivity index (χ1v) is 8.00. The molecule has 1 aromatic rings. The lowest BCUT2D eigenvalue weighted by molar-refractivity contribution is -0.133. The van der Waals surface area contributed by atoms with Crippen LogP contribution in [0.1, 0.15) is 34.6 Å². The second-order valence-electron chi connectivity index (χ2n) is 6.54. The highest BCUT2D eigenvalue weighted by molar-refractivity contribution is 5.88. The predicted molar refractivity (Wildman–Crippen MR) is 91.6 cm³/mol. The fourth-order valence-corrected chi connectivity index (χ4v) is 1.67. The van der Waals surface area contributed by atoms with Gasteiger partial charge in [-0.25, -0.2) is 9.18 Å². The molecule has 144 valence electrons. The third-order valence-electron chi connectivity index (χ3n) is 2.95. The van der Waals surface area contributed by atoms with E-state index >= 15 is 0 Å². The molecule has 3 N–H and O–H groups in total. The Kier molecular flexibility index (Phi) is 7.36. The lowest BCUT2D eigenvalue weighted by Gasteiger charge is -2.22. The van der Waals surface area contributed by atoms with E-state index in [-0.39, 0.29) is 5.75 Å². The summed E-state index contributed by atoms with van der Waals surface area (Å²) >= 11 is 0. The van der Waals surface area contributed by atoms with Gasteiger partial charge in [-0.15, -0.1) is 0 Å². The molecule has 1 aromatic carbocycles. The molecule has 1 rings (SSSR count). The minimum Gasteiger partial charge on any atom is -0.478 e. The Bertz CT molecular complexity index is 660. The van der Waals surface area contributed by atoms with Crippen LogP contribution in [-0.4, -0.2) is 35.7 Å². The average Bonchev–Trinajstić information content (AvgIpc) is 2.52. The average molecular weight is 369 g/mol. The van der Waals surface area contributed by atoms with Crippen molar-refractivity contribution in [3.8, 4) is 5.75 Å². The number of amides is 3. The molecule has 26 heavy (non-hydrogen) atoms. The zero-order chi connectivity index (χ0) is 19.9. The summed E-state index contributed by atoms with van der Waals surface area (Å²) in [5, 5.41) is 2.33. The van der Waals surface area contributed by atoms with Crippen LogP contribution in [0.4, 0.5) is 9.18 Å². The summed E-state index contributed by atoms with van der Waals surface area (Å²) in [5.74, 6) is -2.04. The van der Waals surface area contributed by atoms with E-state index in [1.54, 1.807) is 26.8 Å². The first-order chi connectivity index (χ1) is 12.0. The van der Waals surface area contributed by atoms with Crippen LogP contribution in [0.5, 0.6) is 5.75 Å². The zero-order valence-electron chi connectivity index (χ0n) is 15.4. The fraction of sp³-hybridized carbons (Fsp3) is 0.471. The van der Waals surface area contributed by atoms with Crippen molar-refractivity contribution in [2.75, 3.05) is 0 Å². The van der Waals surface area contributed by atoms with Gasteiger partial charge >= 0.3 is 6.09 Å². The van der Waals surface area contributed by atoms with Crippen molar-refractivity contribution in [1.29, 1.82) is 0 Å². The number of hydrogen-bond donors (Lipinski definition) is 3. The largest absolute Gasteiger partial charge is 0.478 e. The molecule has 9 heteroatoms. The van der Waals surface area contributed by atoms with E-state index in [1.165, 1.54) is 32.0 Å². The minimum absolute atomic E-state index is 0.0820. The van der Waals surface area contributed by atoms with E-state index in [9.17, 15) is 18.8 Å². The van der Waals surface area contributed by atoms with Crippen LogP contribution < -0.4 is 20.9 Å². The predicted octanol–water partition coefficient (Wildman–Crippen LogP) is 1.65. The number of halogens is 1. The van der Waals surface area contributed by atoms with Crippen LogP contribution in [0, 0.1) is 5.82 Å². The van der Waals surface area contributed by atoms with Gasteiger partial charge in [0.2, 0.25) is 0 Å². The first kappa shape index (κ1) is 21.2. The van der Waals surface area contributed by atoms with E-state index in [4.69, 9.17) is 9.47 Å². The molecule has 2 atom stereocenters. The van der Waals surface area contributed by atoms with Gasteiger partial charge in [0.15, 0.2) is 17.7 Å². The normalized spacial score (nSPS) is 13.2. The molecule has 0 bridgehead atoms. The highest BCUT2D eigenvalue weighted by Gasteiger charge is 2.22. The Hall–Kier alpha value is -2.84. The fourth-order valence-electron chi connectivity index (χ4n) is 1.67. The minimum atomic E-state index is -1.05. The van der Waals surface area contributed by atoms with Crippen molar-refractivity contribution < 1.29 is 28.2 Å². The number of ether oxygens (including phenoxy) is 2. The van der Waals surface area contributed by atoms with Gasteiger partial charge in [0.25, 0.3) is 11.8 Å². The van der Waals surface area contributed by atoms with Crippen molar-refractivity contribution in [2.45, 2.75) is 52.4 Å². The van der Waals surface area contributed by atoms with Gasteiger partial charge in [-0.3, -0.25) is 20.4 Å². The maximum Gasteiger partial charge on any atom is 0.408 e. The molecule has 0 saturated carbocycles. The number of alkyl carbamates (subject to hydrolysis) is 1. The number of para-hydroxylation sites is 1. The van der Waals surface area contributed by atoms with Gasteiger partial charge in [0.05, 0.1) is 0 Å². The lowest BCUT2D eigenvalue weighted by Crippen LogP contribution is -2.53. The van der Waals surface area contributed by atoms with E-state index in [0.29, 0.717) is 0 Å². The molecule has 2 unspecified atom stereocenters. The molecule has 0 fully saturated rings. The van der Waals surface area contributed by atoms with Gasteiger partial charge in [-0.05, 0) is 46.8 Å². The van der Waals surface area contributed by atoms with E-state index in [0.717, 1.165) is 0 Å². The number of rotatable bonds is 5. The van der Waals surface area contributed by atoms with Crippen molar-refractivity contribution in [3.63, 3.8) is 0 Å². The molecule has 0 aromatic heterocycles. The zero-order valence-corrected chi connectivity index (χ0v) is 15.4. The molecule has 3 amide bonds. The summed E-state index contributed by atoms with van der Waals surface area (Å²) in [5.41, 5.74) is 3.60. The van der Waals surface area contributed by atoms with Crippen molar-refractivity contribution in [3.05, 3.63) is 30.1 Å². The Morgan fingerprint density at radius 2 is 1.62 bits per heavy atom. The molecule has 0 spiro atoms. The smallest absolute Gasteiger partial charge is 0.408 e.